The number of amides is 2. The Balaban J connectivity index is 2.55. The molecule has 0 fully saturated rings. The van der Waals surface area contributed by atoms with Crippen LogP contribution in [-0.4, -0.2) is 43.5 Å². The number of hydrogen-bond donors (Lipinski definition) is 2. The van der Waals surface area contributed by atoms with Crippen LogP contribution in [0.4, 0.5) is 0 Å². The molecule has 0 bridgehead atoms. The van der Waals surface area contributed by atoms with Crippen molar-refractivity contribution >= 4 is 24.4 Å². The first kappa shape index (κ1) is 11.4. The highest BCUT2D eigenvalue weighted by molar-refractivity contribution is 5.88. The molecule has 1 aliphatic heterocycles. The number of rotatable bonds is 4. The first-order valence-electron chi connectivity index (χ1n) is 4.67. The molecule has 2 atom stereocenters. The van der Waals surface area contributed by atoms with Crippen LogP contribution in [0.25, 0.3) is 0 Å². The summed E-state index contributed by atoms with van der Waals surface area (Å²) in [6.07, 6.45) is 3.52. The topological polar surface area (TPSA) is 82.9 Å². The summed E-state index contributed by atoms with van der Waals surface area (Å²) in [6, 6.07) is -0.682. The van der Waals surface area contributed by atoms with E-state index in [2.05, 4.69) is 20.6 Å². The predicted molar refractivity (Wildman–Crippen MR) is 57.1 cm³/mol. The van der Waals surface area contributed by atoms with Gasteiger partial charge in [0.25, 0.3) is 0 Å². The Labute approximate surface area is 87.9 Å². The van der Waals surface area contributed by atoms with Gasteiger partial charge in [-0.25, -0.2) is 4.99 Å². The van der Waals surface area contributed by atoms with E-state index in [-0.39, 0.29) is 17.9 Å². The van der Waals surface area contributed by atoms with Gasteiger partial charge in [0.2, 0.25) is 11.8 Å². The standard InChI is InChI=1S/C9H14N4O2/c1-6(14)13-8(9(15)10-2)3-7-4-11-5-12-7/h4-5,7-8H,3H2,1-2H3,(H,10,15)(H,13,14)/t7-,8+/m0/s1. The molecule has 0 aromatic heterocycles. The molecule has 6 nitrogen and oxygen atoms in total. The lowest BCUT2D eigenvalue weighted by Gasteiger charge is -2.17. The summed E-state index contributed by atoms with van der Waals surface area (Å²) >= 11 is 0. The smallest absolute Gasteiger partial charge is 0.242 e. The van der Waals surface area contributed by atoms with Gasteiger partial charge in [-0.2, -0.15) is 0 Å². The van der Waals surface area contributed by atoms with Crippen LogP contribution in [0.3, 0.4) is 0 Å². The first-order chi connectivity index (χ1) is 7.13. The number of carbonyl (C=O) groups excluding carboxylic acids is 2. The normalized spacial score (nSPS) is 20.0. The van der Waals surface area contributed by atoms with Crippen molar-refractivity contribution in [3.05, 3.63) is 0 Å². The Morgan fingerprint density at radius 2 is 2.27 bits per heavy atom. The minimum absolute atomic E-state index is 0.126. The van der Waals surface area contributed by atoms with Crippen LogP contribution in [0, 0.1) is 0 Å². The molecule has 1 aliphatic rings. The van der Waals surface area contributed by atoms with Crippen LogP contribution in [0.2, 0.25) is 0 Å². The Kier molecular flexibility index (Phi) is 3.96. The molecule has 0 saturated carbocycles. The third-order valence-corrected chi connectivity index (χ3v) is 2.00. The molecule has 0 aromatic rings. The van der Waals surface area contributed by atoms with Gasteiger partial charge in [-0.05, 0) is 0 Å². The Hall–Kier alpha value is -1.72. The number of hydrogen-bond acceptors (Lipinski definition) is 4. The summed E-state index contributed by atoms with van der Waals surface area (Å²) in [6.45, 7) is 1.38. The van der Waals surface area contributed by atoms with Crippen molar-refractivity contribution in [3.8, 4) is 0 Å². The molecule has 0 unspecified atom stereocenters. The molecule has 6 heteroatoms. The van der Waals surface area contributed by atoms with Gasteiger partial charge in [0, 0.05) is 26.6 Å². The molecule has 2 N–H and O–H groups in total. The second-order valence-electron chi connectivity index (χ2n) is 3.23. The Bertz CT molecular complexity index is 299. The Morgan fingerprint density at radius 1 is 1.53 bits per heavy atom. The van der Waals surface area contributed by atoms with E-state index in [0.29, 0.717) is 6.42 Å². The van der Waals surface area contributed by atoms with Gasteiger partial charge in [0.1, 0.15) is 12.4 Å². The van der Waals surface area contributed by atoms with E-state index in [1.807, 2.05) is 0 Å². The zero-order valence-electron chi connectivity index (χ0n) is 8.73. The number of nitrogens with one attached hydrogen (secondary N) is 2. The van der Waals surface area contributed by atoms with Gasteiger partial charge < -0.3 is 10.6 Å². The van der Waals surface area contributed by atoms with Crippen molar-refractivity contribution in [2.24, 2.45) is 9.98 Å². The molecule has 1 heterocycles. The van der Waals surface area contributed by atoms with Gasteiger partial charge in [0.15, 0.2) is 0 Å². The number of aliphatic imine (C=N–C) groups is 2. The van der Waals surface area contributed by atoms with Gasteiger partial charge in [-0.15, -0.1) is 0 Å². The van der Waals surface area contributed by atoms with Crippen molar-refractivity contribution in [2.45, 2.75) is 25.4 Å². The van der Waals surface area contributed by atoms with Crippen LogP contribution in [0.1, 0.15) is 13.3 Å². The van der Waals surface area contributed by atoms with E-state index in [1.165, 1.54) is 20.3 Å². The minimum atomic E-state index is -0.556. The van der Waals surface area contributed by atoms with E-state index >= 15 is 0 Å². The van der Waals surface area contributed by atoms with Crippen molar-refractivity contribution in [1.29, 1.82) is 0 Å². The molecule has 0 aromatic carbocycles. The minimum Gasteiger partial charge on any atom is -0.357 e. The molecule has 82 valence electrons. The highest BCUT2D eigenvalue weighted by Gasteiger charge is 2.22. The van der Waals surface area contributed by atoms with Gasteiger partial charge in [-0.1, -0.05) is 0 Å². The van der Waals surface area contributed by atoms with Crippen LogP contribution >= 0.6 is 0 Å². The highest BCUT2D eigenvalue weighted by Crippen LogP contribution is 2.04. The molecule has 0 radical (unpaired) electrons. The quantitative estimate of drug-likeness (QED) is 0.631. The monoisotopic (exact) mass is 210 g/mol. The third kappa shape index (κ3) is 3.49. The molecular formula is C9H14N4O2. The molecule has 0 spiro atoms. The van der Waals surface area contributed by atoms with Crippen LogP contribution in [-0.2, 0) is 9.59 Å². The summed E-state index contributed by atoms with van der Waals surface area (Å²) in [4.78, 5) is 30.1. The van der Waals surface area contributed by atoms with E-state index in [4.69, 9.17) is 0 Å². The Morgan fingerprint density at radius 3 is 2.73 bits per heavy atom. The number of nitrogens with zero attached hydrogens (tertiary/aromatic N) is 2. The van der Waals surface area contributed by atoms with E-state index in [0.717, 1.165) is 0 Å². The summed E-state index contributed by atoms with van der Waals surface area (Å²) in [5.41, 5.74) is 0. The van der Waals surface area contributed by atoms with Crippen LogP contribution < -0.4 is 10.6 Å². The van der Waals surface area contributed by atoms with Gasteiger partial charge in [-0.3, -0.25) is 14.6 Å². The molecule has 0 saturated heterocycles. The number of carbonyl (C=O) groups is 2. The summed E-state index contributed by atoms with van der Waals surface area (Å²) in [5.74, 6) is -0.455. The lowest BCUT2D eigenvalue weighted by Crippen LogP contribution is -2.46. The SMILES string of the molecule is CNC(=O)[C@@H](C[C@H]1C=NC=N1)NC(C)=O. The third-order valence-electron chi connectivity index (χ3n) is 2.00. The zero-order chi connectivity index (χ0) is 11.3. The molecule has 15 heavy (non-hydrogen) atoms. The largest absolute Gasteiger partial charge is 0.357 e. The van der Waals surface area contributed by atoms with E-state index < -0.39 is 6.04 Å². The lowest BCUT2D eigenvalue weighted by atomic mass is 10.1. The highest BCUT2D eigenvalue weighted by atomic mass is 16.2. The first-order valence-corrected chi connectivity index (χ1v) is 4.67. The lowest BCUT2D eigenvalue weighted by molar-refractivity contribution is -0.127. The fourth-order valence-corrected chi connectivity index (χ4v) is 1.31. The summed E-state index contributed by atoms with van der Waals surface area (Å²) < 4.78 is 0. The van der Waals surface area contributed by atoms with Crippen molar-refractivity contribution in [3.63, 3.8) is 0 Å². The second kappa shape index (κ2) is 5.23. The van der Waals surface area contributed by atoms with Crippen molar-refractivity contribution in [2.75, 3.05) is 7.05 Å². The zero-order valence-corrected chi connectivity index (χ0v) is 8.73. The fraction of sp³-hybridized carbons (Fsp3) is 0.556. The predicted octanol–water partition coefficient (Wildman–Crippen LogP) is -0.891. The van der Waals surface area contributed by atoms with Gasteiger partial charge in [0.05, 0.1) is 6.04 Å². The maximum atomic E-state index is 11.4. The summed E-state index contributed by atoms with van der Waals surface area (Å²) in [5, 5.41) is 5.07. The van der Waals surface area contributed by atoms with Gasteiger partial charge >= 0.3 is 0 Å². The maximum absolute atomic E-state index is 11.4. The molecular weight excluding hydrogens is 196 g/mol. The molecule has 0 aliphatic carbocycles. The summed E-state index contributed by atoms with van der Waals surface area (Å²) in [7, 11) is 1.53. The van der Waals surface area contributed by atoms with E-state index in [1.54, 1.807) is 6.21 Å². The maximum Gasteiger partial charge on any atom is 0.242 e. The average molecular weight is 210 g/mol. The van der Waals surface area contributed by atoms with Crippen LogP contribution in [0.5, 0.6) is 0 Å². The molecule has 2 amide bonds. The van der Waals surface area contributed by atoms with E-state index in [9.17, 15) is 9.59 Å². The van der Waals surface area contributed by atoms with Crippen LogP contribution in [0.15, 0.2) is 9.98 Å². The van der Waals surface area contributed by atoms with Crippen molar-refractivity contribution < 1.29 is 9.59 Å². The molecule has 1 rings (SSSR count). The average Bonchev–Trinajstić information content (AvgIpc) is 2.67. The second-order valence-corrected chi connectivity index (χ2v) is 3.23. The number of likely N-dealkylation sites (N-methyl/N-ethyl adjacent to an activating group) is 1. The fourth-order valence-electron chi connectivity index (χ4n) is 1.31. The van der Waals surface area contributed by atoms with Crippen molar-refractivity contribution in [1.82, 2.24) is 10.6 Å².